The molecule has 4 nitrogen and oxygen atoms in total. The topological polar surface area (TPSA) is 35.6 Å². The van der Waals surface area contributed by atoms with Gasteiger partial charge in [0, 0.05) is 49.6 Å². The third-order valence-corrected chi connectivity index (χ3v) is 10.9. The van der Waals surface area contributed by atoms with Crippen molar-refractivity contribution in [2.24, 2.45) is 0 Å². The van der Waals surface area contributed by atoms with Gasteiger partial charge in [0.15, 0.2) is 5.82 Å². The Morgan fingerprint density at radius 2 is 0.833 bits per heavy atom. The second kappa shape index (κ2) is 12.4. The Labute approximate surface area is 314 Å². The first-order valence-electron chi connectivity index (χ1n) is 18.6. The number of benzene rings is 7. The van der Waals surface area contributed by atoms with Gasteiger partial charge in [-0.05, 0) is 93.4 Å². The molecule has 0 spiro atoms. The van der Waals surface area contributed by atoms with Crippen LogP contribution in [0.1, 0.15) is 22.3 Å². The van der Waals surface area contributed by atoms with E-state index in [9.17, 15) is 0 Å². The predicted molar refractivity (Wildman–Crippen MR) is 226 cm³/mol. The number of aromatic nitrogens is 4. The van der Waals surface area contributed by atoms with E-state index in [-0.39, 0.29) is 0 Å². The van der Waals surface area contributed by atoms with Crippen molar-refractivity contribution in [3.05, 3.63) is 180 Å². The molecule has 0 aliphatic rings. The molecule has 0 radical (unpaired) electrons. The van der Waals surface area contributed by atoms with Crippen molar-refractivity contribution in [1.29, 1.82) is 0 Å². The minimum atomic E-state index is 0.729. The Kier molecular flexibility index (Phi) is 7.34. The number of nitrogens with zero attached hydrogens (tertiary/aromatic N) is 4. The van der Waals surface area contributed by atoms with Crippen LogP contribution in [0.2, 0.25) is 0 Å². The normalized spacial score (nSPS) is 11.7. The number of para-hydroxylation sites is 3. The van der Waals surface area contributed by atoms with E-state index in [2.05, 4.69) is 195 Å². The largest absolute Gasteiger partial charge is 0.309 e. The van der Waals surface area contributed by atoms with E-state index in [4.69, 9.17) is 9.97 Å². The van der Waals surface area contributed by atoms with Crippen LogP contribution in [0.4, 0.5) is 0 Å². The molecule has 0 saturated carbocycles. The summed E-state index contributed by atoms with van der Waals surface area (Å²) in [7, 11) is 0. The van der Waals surface area contributed by atoms with Crippen molar-refractivity contribution >= 4 is 43.6 Å². The lowest BCUT2D eigenvalue weighted by Gasteiger charge is -2.17. The summed E-state index contributed by atoms with van der Waals surface area (Å²) >= 11 is 0. The fourth-order valence-corrected chi connectivity index (χ4v) is 8.33. The summed E-state index contributed by atoms with van der Waals surface area (Å²) in [5.41, 5.74) is 16.9. The van der Waals surface area contributed by atoms with Crippen LogP contribution < -0.4 is 0 Å². The Morgan fingerprint density at radius 3 is 1.41 bits per heavy atom. The number of hydrogen-bond acceptors (Lipinski definition) is 2. The van der Waals surface area contributed by atoms with Gasteiger partial charge in [0.1, 0.15) is 0 Å². The van der Waals surface area contributed by atoms with Gasteiger partial charge in [0.05, 0.1) is 33.5 Å². The predicted octanol–water partition coefficient (Wildman–Crippen LogP) is 12.9. The SMILES string of the molecule is Cc1ccc(-c2cc(-c3c(C)cc(-n4c5ccccc5c5cc(-n6c7ccccc7c7ccccc76)ccc54)cc3C)nc(-c3ccc(C)cc3)n2)cc1. The molecule has 258 valence electrons. The van der Waals surface area contributed by atoms with E-state index in [0.717, 1.165) is 45.3 Å². The van der Waals surface area contributed by atoms with Crippen LogP contribution in [0.3, 0.4) is 0 Å². The lowest BCUT2D eigenvalue weighted by molar-refractivity contribution is 1.14. The van der Waals surface area contributed by atoms with Crippen molar-refractivity contribution in [2.45, 2.75) is 27.7 Å². The summed E-state index contributed by atoms with van der Waals surface area (Å²) in [5, 5.41) is 4.99. The molecule has 3 aromatic heterocycles. The summed E-state index contributed by atoms with van der Waals surface area (Å²) in [6.45, 7) is 8.64. The van der Waals surface area contributed by atoms with Crippen LogP contribution in [0.15, 0.2) is 158 Å². The van der Waals surface area contributed by atoms with Crippen LogP contribution in [-0.4, -0.2) is 19.1 Å². The molecular formula is C50H38N4. The molecule has 0 amide bonds. The highest BCUT2D eigenvalue weighted by molar-refractivity contribution is 6.12. The molecule has 0 atom stereocenters. The zero-order valence-corrected chi connectivity index (χ0v) is 30.8. The van der Waals surface area contributed by atoms with Gasteiger partial charge >= 0.3 is 0 Å². The van der Waals surface area contributed by atoms with Gasteiger partial charge in [-0.15, -0.1) is 0 Å². The van der Waals surface area contributed by atoms with Gasteiger partial charge in [0.2, 0.25) is 0 Å². The van der Waals surface area contributed by atoms with Gasteiger partial charge in [0.25, 0.3) is 0 Å². The molecule has 0 unspecified atom stereocenters. The molecule has 0 saturated heterocycles. The third-order valence-electron chi connectivity index (χ3n) is 10.9. The van der Waals surface area contributed by atoms with Crippen molar-refractivity contribution in [3.63, 3.8) is 0 Å². The van der Waals surface area contributed by atoms with Gasteiger partial charge in [-0.2, -0.15) is 0 Å². The second-order valence-electron chi connectivity index (χ2n) is 14.6. The van der Waals surface area contributed by atoms with Crippen molar-refractivity contribution in [2.75, 3.05) is 0 Å². The monoisotopic (exact) mass is 694 g/mol. The van der Waals surface area contributed by atoms with Crippen molar-refractivity contribution in [1.82, 2.24) is 19.1 Å². The lowest BCUT2D eigenvalue weighted by atomic mass is 9.97. The highest BCUT2D eigenvalue weighted by Crippen LogP contribution is 2.39. The minimum Gasteiger partial charge on any atom is -0.309 e. The fourth-order valence-electron chi connectivity index (χ4n) is 8.33. The molecule has 0 aliphatic heterocycles. The summed E-state index contributed by atoms with van der Waals surface area (Å²) in [6.07, 6.45) is 0. The first-order valence-corrected chi connectivity index (χ1v) is 18.6. The van der Waals surface area contributed by atoms with E-state index in [0.29, 0.717) is 0 Å². The van der Waals surface area contributed by atoms with Crippen molar-refractivity contribution in [3.8, 4) is 45.3 Å². The highest BCUT2D eigenvalue weighted by Gasteiger charge is 2.19. The van der Waals surface area contributed by atoms with E-state index < -0.39 is 0 Å². The zero-order valence-electron chi connectivity index (χ0n) is 30.8. The van der Waals surface area contributed by atoms with E-state index >= 15 is 0 Å². The van der Waals surface area contributed by atoms with Crippen molar-refractivity contribution < 1.29 is 0 Å². The second-order valence-corrected chi connectivity index (χ2v) is 14.6. The zero-order chi connectivity index (χ0) is 36.5. The van der Waals surface area contributed by atoms with Crippen LogP contribution in [0, 0.1) is 27.7 Å². The van der Waals surface area contributed by atoms with E-state index in [1.807, 2.05) is 0 Å². The first kappa shape index (κ1) is 31.9. The van der Waals surface area contributed by atoms with Gasteiger partial charge in [-0.1, -0.05) is 114 Å². The molecule has 0 N–H and O–H groups in total. The Hall–Kier alpha value is -6.78. The quantitative estimate of drug-likeness (QED) is 0.180. The van der Waals surface area contributed by atoms with Gasteiger partial charge in [-0.25, -0.2) is 9.97 Å². The highest BCUT2D eigenvalue weighted by atomic mass is 15.0. The number of hydrogen-bond donors (Lipinski definition) is 0. The maximum Gasteiger partial charge on any atom is 0.160 e. The Balaban J connectivity index is 1.14. The minimum absolute atomic E-state index is 0.729. The fraction of sp³-hybridized carbons (Fsp3) is 0.0800. The van der Waals surface area contributed by atoms with Crippen LogP contribution >= 0.6 is 0 Å². The van der Waals surface area contributed by atoms with Gasteiger partial charge < -0.3 is 9.13 Å². The molecule has 54 heavy (non-hydrogen) atoms. The lowest BCUT2D eigenvalue weighted by Crippen LogP contribution is -2.01. The molecule has 4 heteroatoms. The molecular weight excluding hydrogens is 657 g/mol. The Morgan fingerprint density at radius 1 is 0.370 bits per heavy atom. The molecule has 0 aliphatic carbocycles. The summed E-state index contributed by atoms with van der Waals surface area (Å²) in [6, 6.07) is 56.9. The number of aryl methyl sites for hydroxylation is 4. The van der Waals surface area contributed by atoms with Crippen LogP contribution in [0.25, 0.3) is 88.9 Å². The molecule has 0 fully saturated rings. The van der Waals surface area contributed by atoms with Gasteiger partial charge in [-0.3, -0.25) is 0 Å². The van der Waals surface area contributed by atoms with Crippen LogP contribution in [-0.2, 0) is 0 Å². The smallest absolute Gasteiger partial charge is 0.160 e. The molecule has 10 aromatic rings. The maximum atomic E-state index is 5.22. The average molecular weight is 695 g/mol. The molecule has 3 heterocycles. The number of rotatable bonds is 5. The maximum absolute atomic E-state index is 5.22. The molecule has 0 bridgehead atoms. The summed E-state index contributed by atoms with van der Waals surface area (Å²) < 4.78 is 4.82. The van der Waals surface area contributed by atoms with E-state index in [1.54, 1.807) is 0 Å². The van der Waals surface area contributed by atoms with E-state index in [1.165, 1.54) is 65.9 Å². The first-order chi connectivity index (χ1) is 26.4. The Bertz CT molecular complexity index is 2930. The average Bonchev–Trinajstić information content (AvgIpc) is 3.71. The number of fused-ring (bicyclic) bond motifs is 6. The standard InChI is InChI=1S/C50H38N4/c1-31-17-21-35(22-18-31)43-30-44(52-50(51-43)36-23-19-32(2)20-24-36)49-33(3)27-38(28-34(49)4)54-47-16-10-7-13-41(47)42-29-37(25-26-48(42)54)53-45-14-8-5-11-39(45)40-12-6-9-15-46(40)53/h5-30H,1-4H3. The summed E-state index contributed by atoms with van der Waals surface area (Å²) in [4.78, 5) is 10.3. The van der Waals surface area contributed by atoms with Crippen LogP contribution in [0.5, 0.6) is 0 Å². The third kappa shape index (κ3) is 5.14. The molecule has 10 rings (SSSR count). The summed E-state index contributed by atoms with van der Waals surface area (Å²) in [5.74, 6) is 0.729. The molecule has 7 aromatic carbocycles.